The van der Waals surface area contributed by atoms with Crippen LogP contribution in [0.2, 0.25) is 0 Å². The summed E-state index contributed by atoms with van der Waals surface area (Å²) in [5, 5.41) is 8.77. The van der Waals surface area contributed by atoms with E-state index in [9.17, 15) is 0 Å². The highest BCUT2D eigenvalue weighted by Gasteiger charge is 1.58. The van der Waals surface area contributed by atoms with Gasteiger partial charge >= 0.3 is 0 Å². The van der Waals surface area contributed by atoms with E-state index in [0.29, 0.717) is 0 Å². The van der Waals surface area contributed by atoms with Gasteiger partial charge in [0.15, 0.2) is 0 Å². The molecular formula is H6F4NO2P. The Labute approximate surface area is 44.3 Å². The van der Waals surface area contributed by atoms with Gasteiger partial charge in [-0.2, -0.15) is 0 Å². The van der Waals surface area contributed by atoms with Crippen molar-refractivity contribution in [2.45, 2.75) is 0 Å². The molecule has 0 saturated heterocycles. The molecule has 1 unspecified atom stereocenters. The number of hydrogen-bond acceptors (Lipinski definition) is 2. The molecule has 0 radical (unpaired) electrons. The molecule has 0 saturated carbocycles. The van der Waals surface area contributed by atoms with Gasteiger partial charge in [-0.3, -0.25) is 28.9 Å². The zero-order valence-corrected chi connectivity index (χ0v) is 4.63. The van der Waals surface area contributed by atoms with Gasteiger partial charge in [-0.25, -0.2) is 0 Å². The summed E-state index contributed by atoms with van der Waals surface area (Å²) in [6, 6.07) is 0. The van der Waals surface area contributed by atoms with Crippen LogP contribution in [0.1, 0.15) is 0 Å². The van der Waals surface area contributed by atoms with E-state index in [1.54, 1.807) is 0 Å². The molecule has 8 heteroatoms. The number of rotatable bonds is 0. The predicted octanol–water partition coefficient (Wildman–Crippen LogP) is 0.663. The molecule has 1 atom stereocenters. The van der Waals surface area contributed by atoms with Crippen molar-refractivity contribution in [2.75, 3.05) is 0 Å². The fraction of sp³-hybridized carbons (Fsp3) is 0. The lowest BCUT2D eigenvalue weighted by molar-refractivity contribution is -0.288. The van der Waals surface area contributed by atoms with Crippen LogP contribution in [0.25, 0.3) is 0 Å². The van der Waals surface area contributed by atoms with Gasteiger partial charge in [-0.1, -0.05) is 0 Å². The van der Waals surface area contributed by atoms with Gasteiger partial charge in [0.25, 0.3) is 0 Å². The average molecular weight is 159 g/mol. The number of hydrogen-bond donors (Lipinski definition) is 0. The second-order valence-corrected chi connectivity index (χ2v) is 0.707. The van der Waals surface area contributed by atoms with E-state index in [4.69, 9.17) is 10.1 Å². The van der Waals surface area contributed by atoms with Crippen LogP contribution < -0.4 is 0 Å². The van der Waals surface area contributed by atoms with Gasteiger partial charge in [0.1, 0.15) is 0 Å². The molecule has 0 bridgehead atoms. The van der Waals surface area contributed by atoms with Gasteiger partial charge in [0.2, 0.25) is 9.39 Å². The van der Waals surface area contributed by atoms with Crippen LogP contribution in [0, 0.1) is 10.1 Å². The quantitative estimate of drug-likeness (QED) is 0.225. The third kappa shape index (κ3) is 567. The van der Waals surface area contributed by atoms with Gasteiger partial charge in [-0.15, -0.1) is 0 Å². The Kier molecular flexibility index (Phi) is 193. The average Bonchev–Trinajstić information content (AvgIpc) is 0.811. The lowest BCUT2D eigenvalue weighted by Crippen LogP contribution is -1.64. The monoisotopic (exact) mass is 159 g/mol. The lowest BCUT2D eigenvalue weighted by Gasteiger charge is -1.62. The molecule has 0 fully saturated rings. The first-order chi connectivity index (χ1) is 1.73. The highest BCUT2D eigenvalue weighted by Crippen LogP contribution is 1.72. The van der Waals surface area contributed by atoms with Crippen LogP contribution in [0.4, 0.5) is 18.8 Å². The van der Waals surface area contributed by atoms with Crippen LogP contribution >= 0.6 is 9.39 Å². The Morgan fingerprint density at radius 2 is 1.12 bits per heavy atom. The molecule has 0 aromatic rings. The van der Waals surface area contributed by atoms with E-state index < -0.39 is 4.69 Å². The van der Waals surface area contributed by atoms with Crippen LogP contribution in [-0.4, -0.2) is 4.69 Å². The van der Waals surface area contributed by atoms with Crippen molar-refractivity contribution in [3.8, 4) is 0 Å². The van der Waals surface area contributed by atoms with E-state index in [2.05, 4.69) is 0 Å². The maximum Gasteiger partial charge on any atom is 0.223 e. The van der Waals surface area contributed by atoms with Crippen LogP contribution in [0.5, 0.6) is 0 Å². The maximum absolute atomic E-state index is 8.77. The number of nitrogens with zero attached hydrogens (tertiary/aromatic N) is 1. The van der Waals surface area contributed by atoms with Crippen molar-refractivity contribution < 1.29 is 23.5 Å². The van der Waals surface area contributed by atoms with E-state index >= 15 is 0 Å². The van der Waals surface area contributed by atoms with Gasteiger partial charge in [-0.05, 0) is 0 Å². The van der Waals surface area contributed by atoms with Crippen LogP contribution in [-0.2, 0) is 0 Å². The third-order valence-electron chi connectivity index (χ3n) is 0. The first-order valence-electron chi connectivity index (χ1n) is 0.623. The van der Waals surface area contributed by atoms with E-state index in [1.165, 1.54) is 9.39 Å². The van der Waals surface area contributed by atoms with E-state index in [1.807, 2.05) is 0 Å². The van der Waals surface area contributed by atoms with E-state index in [0.717, 1.165) is 0 Å². The molecule has 0 aliphatic carbocycles. The molecule has 0 aromatic carbocycles. The fourth-order valence-corrected chi connectivity index (χ4v) is 0. The smallest absolute Gasteiger partial charge is 0.223 e. The number of halogens is 4. The second-order valence-electron chi connectivity index (χ2n) is 0.285. The molecule has 0 amide bonds. The molecule has 0 heterocycles. The van der Waals surface area contributed by atoms with Crippen molar-refractivity contribution >= 4 is 9.39 Å². The molecule has 0 spiro atoms. The van der Waals surface area contributed by atoms with Crippen molar-refractivity contribution in [2.24, 2.45) is 0 Å². The van der Waals surface area contributed by atoms with Crippen molar-refractivity contribution in [1.29, 1.82) is 0 Å². The Bertz CT molecular complexity index is 37.0. The summed E-state index contributed by atoms with van der Waals surface area (Å²) in [6.45, 7) is 0. The van der Waals surface area contributed by atoms with Gasteiger partial charge in [0, 0.05) is 4.69 Å². The molecule has 0 aliphatic heterocycles. The minimum Gasteiger partial charge on any atom is -0.269 e. The molecule has 3 nitrogen and oxygen atoms in total. The Hall–Kier alpha value is -0.450. The standard InChI is InChI=1S/4FH.H2NO2P/c;;;;2-1(3)4/h4*1H;4H2. The number of nitro groups is 1. The Balaban J connectivity index is -0.00000000750. The predicted molar refractivity (Wildman–Crippen MR) is 26.7 cm³/mol. The maximum atomic E-state index is 8.77. The van der Waals surface area contributed by atoms with Crippen molar-refractivity contribution in [1.82, 2.24) is 0 Å². The van der Waals surface area contributed by atoms with Gasteiger partial charge < -0.3 is 0 Å². The summed E-state index contributed by atoms with van der Waals surface area (Å²) in [6.07, 6.45) is 0. The van der Waals surface area contributed by atoms with Crippen molar-refractivity contribution in [3.05, 3.63) is 10.1 Å². The minimum atomic E-state index is -0.583. The van der Waals surface area contributed by atoms with E-state index in [-0.39, 0.29) is 18.8 Å². The largest absolute Gasteiger partial charge is 0.269 e. The fourth-order valence-electron chi connectivity index (χ4n) is 0. The summed E-state index contributed by atoms with van der Waals surface area (Å²) in [5.41, 5.74) is 0. The zero-order chi connectivity index (χ0) is 3.58. The SMILES string of the molecule is F.F.F.F.O=[N+]([O-])P. The molecule has 56 valence electrons. The highest BCUT2D eigenvalue weighted by molar-refractivity contribution is 7.08. The topological polar surface area (TPSA) is 43.1 Å². The summed E-state index contributed by atoms with van der Waals surface area (Å²) < 4.78 is -0.583. The first kappa shape index (κ1) is 49.8. The van der Waals surface area contributed by atoms with Gasteiger partial charge in [0.05, 0.1) is 0 Å². The third-order valence-corrected chi connectivity index (χ3v) is 0. The highest BCUT2D eigenvalue weighted by atomic mass is 31.0. The molecule has 0 rings (SSSR count). The summed E-state index contributed by atoms with van der Waals surface area (Å²) in [5.74, 6) is 0. The minimum absolute atomic E-state index is 0. The molecule has 0 aromatic heterocycles. The zero-order valence-electron chi connectivity index (χ0n) is 3.47. The van der Waals surface area contributed by atoms with Crippen molar-refractivity contribution in [3.63, 3.8) is 0 Å². The normalized spacial score (nSPS) is 3.12. The first-order valence-corrected chi connectivity index (χ1v) is 1.14. The second kappa shape index (κ2) is 31.0. The summed E-state index contributed by atoms with van der Waals surface area (Å²) in [4.78, 5) is 8.77. The van der Waals surface area contributed by atoms with Crippen LogP contribution in [0.3, 0.4) is 0 Å². The van der Waals surface area contributed by atoms with Crippen LogP contribution in [0.15, 0.2) is 0 Å². The Morgan fingerprint density at radius 1 is 1.12 bits per heavy atom. The molecule has 8 heavy (non-hydrogen) atoms. The lowest BCUT2D eigenvalue weighted by atomic mass is 13.4. The molecule has 0 aliphatic rings. The summed E-state index contributed by atoms with van der Waals surface area (Å²) >= 11 is 0. The Morgan fingerprint density at radius 3 is 1.12 bits per heavy atom. The molecular weight excluding hydrogens is 153 g/mol. The summed E-state index contributed by atoms with van der Waals surface area (Å²) in [7, 11) is 1.38. The molecule has 0 N–H and O–H groups in total.